The summed E-state index contributed by atoms with van der Waals surface area (Å²) in [6.45, 7) is 1.90. The summed E-state index contributed by atoms with van der Waals surface area (Å²) in [5.74, 6) is -4.07. The average molecular weight is 560 g/mol. The molecule has 2 aliphatic heterocycles. The molecule has 206 valence electrons. The number of alkyl halides is 3. The molecule has 2 aromatic rings. The lowest BCUT2D eigenvalue weighted by atomic mass is 9.97. The van der Waals surface area contributed by atoms with Crippen molar-refractivity contribution in [3.05, 3.63) is 35.3 Å². The number of nitrogen functional groups attached to an aromatic ring is 1. The van der Waals surface area contributed by atoms with Gasteiger partial charge in [0.15, 0.2) is 5.13 Å². The van der Waals surface area contributed by atoms with Gasteiger partial charge in [-0.15, -0.1) is 0 Å². The van der Waals surface area contributed by atoms with Gasteiger partial charge in [-0.1, -0.05) is 11.3 Å². The number of halogens is 3. The fourth-order valence-corrected chi connectivity index (χ4v) is 4.35. The minimum absolute atomic E-state index is 0.190. The first-order valence-electron chi connectivity index (χ1n) is 11.2. The predicted octanol–water partition coefficient (Wildman–Crippen LogP) is 2.41. The van der Waals surface area contributed by atoms with E-state index >= 15 is 0 Å². The number of anilines is 3. The molecule has 2 fully saturated rings. The molecule has 5 N–H and O–H groups in total. The third-order valence-electron chi connectivity index (χ3n) is 5.72. The van der Waals surface area contributed by atoms with Crippen LogP contribution in [0.4, 0.5) is 34.5 Å². The van der Waals surface area contributed by atoms with Gasteiger partial charge in [0.1, 0.15) is 11.0 Å². The summed E-state index contributed by atoms with van der Waals surface area (Å²) in [6, 6.07) is 7.54. The zero-order valence-corrected chi connectivity index (χ0v) is 20.5. The smallest absolute Gasteiger partial charge is 0.481 e. The summed E-state index contributed by atoms with van der Waals surface area (Å²) in [6.07, 6.45) is -3.35. The number of hydrogen-bond acceptors (Lipinski definition) is 9. The first kappa shape index (κ1) is 28.5. The predicted molar refractivity (Wildman–Crippen MR) is 129 cm³/mol. The zero-order chi connectivity index (χ0) is 28.0. The first-order valence-corrected chi connectivity index (χ1v) is 12.0. The van der Waals surface area contributed by atoms with Crippen molar-refractivity contribution in [1.29, 1.82) is 0 Å². The van der Waals surface area contributed by atoms with Crippen LogP contribution in [0.3, 0.4) is 0 Å². The van der Waals surface area contributed by atoms with E-state index in [0.29, 0.717) is 48.2 Å². The molecule has 0 saturated carbocycles. The van der Waals surface area contributed by atoms with Gasteiger partial charge in [0.05, 0.1) is 25.2 Å². The number of carbonyl (C=O) groups is 4. The molecule has 1 aromatic carbocycles. The lowest BCUT2D eigenvalue weighted by molar-refractivity contribution is -0.192. The minimum Gasteiger partial charge on any atom is -0.481 e. The molecule has 4 rings (SSSR count). The molecule has 16 heteroatoms. The Bertz CT molecular complexity index is 1170. The standard InChI is InChI=1S/C20H23N5O5S.C2HF3O2/c21-19-23-10-16(31-19)17(26)22-9-15-11-25(20(29)30-15)14-3-1-13(2-4-14)24-7-5-12(6-8-24)18(27)28;3-2(4,5)1(6)7/h1-4,10,12,15H,5-9,11H2,(H2,21,23)(H,22,26)(H,27,28);(H,6,7)/t15-;/m0./s1. The van der Waals surface area contributed by atoms with Crippen LogP contribution in [0.1, 0.15) is 22.5 Å². The number of rotatable bonds is 6. The molecule has 2 saturated heterocycles. The van der Waals surface area contributed by atoms with E-state index in [1.54, 1.807) is 0 Å². The highest BCUT2D eigenvalue weighted by molar-refractivity contribution is 7.17. The van der Waals surface area contributed by atoms with Gasteiger partial charge >= 0.3 is 24.2 Å². The van der Waals surface area contributed by atoms with E-state index in [1.165, 1.54) is 11.1 Å². The van der Waals surface area contributed by atoms with Gasteiger partial charge in [0.25, 0.3) is 5.91 Å². The Hall–Kier alpha value is -4.08. The molecule has 2 amide bonds. The van der Waals surface area contributed by atoms with Crippen LogP contribution in [0.15, 0.2) is 30.5 Å². The molecular weight excluding hydrogens is 535 g/mol. The number of ether oxygens (including phenoxy) is 1. The second kappa shape index (κ2) is 12.0. The summed E-state index contributed by atoms with van der Waals surface area (Å²) >= 11 is 1.09. The molecule has 0 bridgehead atoms. The number of carboxylic acid groups (broad SMARTS) is 2. The number of hydrogen-bond donors (Lipinski definition) is 4. The topological polar surface area (TPSA) is 175 Å². The van der Waals surface area contributed by atoms with Crippen molar-refractivity contribution in [2.45, 2.75) is 25.1 Å². The number of amides is 2. The third kappa shape index (κ3) is 7.47. The van der Waals surface area contributed by atoms with Crippen LogP contribution in [0.25, 0.3) is 0 Å². The van der Waals surface area contributed by atoms with Crippen molar-refractivity contribution < 1.29 is 47.3 Å². The van der Waals surface area contributed by atoms with Crippen molar-refractivity contribution in [3.8, 4) is 0 Å². The molecule has 0 unspecified atom stereocenters. The maximum Gasteiger partial charge on any atom is 0.490 e. The van der Waals surface area contributed by atoms with E-state index in [-0.39, 0.29) is 18.4 Å². The van der Waals surface area contributed by atoms with E-state index in [2.05, 4.69) is 15.2 Å². The van der Waals surface area contributed by atoms with Gasteiger partial charge in [0.2, 0.25) is 0 Å². The Morgan fingerprint density at radius 1 is 1.13 bits per heavy atom. The number of piperidine rings is 1. The highest BCUT2D eigenvalue weighted by atomic mass is 32.1. The molecule has 0 spiro atoms. The highest BCUT2D eigenvalue weighted by Crippen LogP contribution is 2.28. The minimum atomic E-state index is -5.08. The van der Waals surface area contributed by atoms with Crippen LogP contribution in [-0.2, 0) is 14.3 Å². The highest BCUT2D eigenvalue weighted by Gasteiger charge is 2.38. The lowest BCUT2D eigenvalue weighted by Gasteiger charge is -2.32. The van der Waals surface area contributed by atoms with Gasteiger partial charge < -0.3 is 30.9 Å². The monoisotopic (exact) mass is 559 g/mol. The van der Waals surface area contributed by atoms with Crippen molar-refractivity contribution in [3.63, 3.8) is 0 Å². The Morgan fingerprint density at radius 3 is 2.21 bits per heavy atom. The van der Waals surface area contributed by atoms with Crippen LogP contribution in [-0.4, -0.2) is 77.6 Å². The summed E-state index contributed by atoms with van der Waals surface area (Å²) in [7, 11) is 0. The molecular formula is C22H24F3N5O7S. The number of nitrogens with zero attached hydrogens (tertiary/aromatic N) is 3. The Kier molecular flexibility index (Phi) is 8.98. The van der Waals surface area contributed by atoms with Crippen LogP contribution >= 0.6 is 11.3 Å². The van der Waals surface area contributed by atoms with Crippen molar-refractivity contribution in [2.75, 3.05) is 41.7 Å². The summed E-state index contributed by atoms with van der Waals surface area (Å²) in [4.78, 5) is 52.3. The van der Waals surface area contributed by atoms with E-state index in [1.807, 2.05) is 24.3 Å². The quantitative estimate of drug-likeness (QED) is 0.411. The summed E-state index contributed by atoms with van der Waals surface area (Å²) < 4.78 is 37.1. The fraction of sp³-hybridized carbons (Fsp3) is 0.409. The Morgan fingerprint density at radius 2 is 1.71 bits per heavy atom. The van der Waals surface area contributed by atoms with Crippen molar-refractivity contribution in [2.24, 2.45) is 5.92 Å². The number of carboxylic acids is 2. The van der Waals surface area contributed by atoms with E-state index < -0.39 is 30.3 Å². The Labute approximate surface area is 217 Å². The summed E-state index contributed by atoms with van der Waals surface area (Å²) in [5, 5.41) is 19.3. The van der Waals surface area contributed by atoms with Gasteiger partial charge in [-0.25, -0.2) is 14.6 Å². The van der Waals surface area contributed by atoms with E-state index in [4.69, 9.17) is 25.5 Å². The second-order valence-corrected chi connectivity index (χ2v) is 9.37. The molecule has 3 heterocycles. The van der Waals surface area contributed by atoms with Gasteiger partial charge in [-0.05, 0) is 37.1 Å². The molecule has 0 aliphatic carbocycles. The van der Waals surface area contributed by atoms with Gasteiger partial charge in [-0.2, -0.15) is 13.2 Å². The van der Waals surface area contributed by atoms with Gasteiger partial charge in [0, 0.05) is 24.5 Å². The molecule has 12 nitrogen and oxygen atoms in total. The number of nitrogens with one attached hydrogen (secondary N) is 1. The molecule has 38 heavy (non-hydrogen) atoms. The van der Waals surface area contributed by atoms with Crippen molar-refractivity contribution >= 4 is 51.8 Å². The first-order chi connectivity index (χ1) is 17.8. The fourth-order valence-electron chi connectivity index (χ4n) is 3.75. The SMILES string of the molecule is Nc1ncc(C(=O)NC[C@H]2CN(c3ccc(N4CCC(C(=O)O)CC4)cc3)C(=O)O2)s1.O=C(O)C(F)(F)F. The molecule has 2 aliphatic rings. The molecule has 1 atom stereocenters. The van der Waals surface area contributed by atoms with Crippen LogP contribution in [0.5, 0.6) is 0 Å². The molecule has 1 aromatic heterocycles. The number of aromatic nitrogens is 1. The largest absolute Gasteiger partial charge is 0.490 e. The number of nitrogens with two attached hydrogens (primary N) is 1. The zero-order valence-electron chi connectivity index (χ0n) is 19.7. The maximum absolute atomic E-state index is 12.3. The van der Waals surface area contributed by atoms with Crippen LogP contribution < -0.4 is 20.9 Å². The van der Waals surface area contributed by atoms with Crippen LogP contribution in [0, 0.1) is 5.92 Å². The van der Waals surface area contributed by atoms with Crippen molar-refractivity contribution in [1.82, 2.24) is 10.3 Å². The van der Waals surface area contributed by atoms with Crippen LogP contribution in [0.2, 0.25) is 0 Å². The number of cyclic esters (lactones) is 1. The normalized spacial score (nSPS) is 17.9. The van der Waals surface area contributed by atoms with E-state index in [9.17, 15) is 27.6 Å². The second-order valence-electron chi connectivity index (χ2n) is 8.31. The number of benzene rings is 1. The maximum atomic E-state index is 12.3. The Balaban J connectivity index is 0.000000505. The van der Waals surface area contributed by atoms with Gasteiger partial charge in [-0.3, -0.25) is 14.5 Å². The number of aliphatic carboxylic acids is 2. The number of thiazole rings is 1. The average Bonchev–Trinajstić information content (AvgIpc) is 3.48. The lowest BCUT2D eigenvalue weighted by Crippen LogP contribution is -2.36. The number of carbonyl (C=O) groups excluding carboxylic acids is 2. The van der Waals surface area contributed by atoms with E-state index in [0.717, 1.165) is 17.0 Å². The molecule has 0 radical (unpaired) electrons. The third-order valence-corrected chi connectivity index (χ3v) is 6.55. The summed E-state index contributed by atoms with van der Waals surface area (Å²) in [5.41, 5.74) is 7.24.